The molecule has 0 amide bonds. The lowest BCUT2D eigenvalue weighted by molar-refractivity contribution is 0.0233. The first kappa shape index (κ1) is 17.5. The van der Waals surface area contributed by atoms with Crippen molar-refractivity contribution in [2.75, 3.05) is 6.61 Å². The molecule has 0 aromatic heterocycles. The van der Waals surface area contributed by atoms with Crippen LogP contribution in [-0.4, -0.2) is 29.4 Å². The number of fused-ring (bicyclic) bond motifs is 3. The summed E-state index contributed by atoms with van der Waals surface area (Å²) in [6.45, 7) is 6.92. The van der Waals surface area contributed by atoms with Crippen molar-refractivity contribution < 1.29 is 9.84 Å². The Labute approximate surface area is 155 Å². The van der Waals surface area contributed by atoms with Gasteiger partial charge in [-0.15, -0.1) is 0 Å². The molecule has 26 heavy (non-hydrogen) atoms. The maximum Gasteiger partial charge on any atom is 0.184 e. The Morgan fingerprint density at radius 2 is 2.00 bits per heavy atom. The Balaban J connectivity index is 1.79. The average Bonchev–Trinajstić information content (AvgIpc) is 3.04. The minimum atomic E-state index is -0.645. The van der Waals surface area contributed by atoms with E-state index in [4.69, 9.17) is 20.5 Å². The number of aliphatic imine (C=N–C) groups is 2. The highest BCUT2D eigenvalue weighted by molar-refractivity contribution is 6.41. The van der Waals surface area contributed by atoms with E-state index in [2.05, 4.69) is 32.0 Å². The van der Waals surface area contributed by atoms with Crippen LogP contribution in [0.2, 0.25) is 0 Å². The van der Waals surface area contributed by atoms with E-state index in [9.17, 15) is 5.11 Å². The molecular weight excluding hydrogens is 326 g/mol. The summed E-state index contributed by atoms with van der Waals surface area (Å²) in [4.78, 5) is 9.96. The summed E-state index contributed by atoms with van der Waals surface area (Å²) in [7, 11) is 0. The van der Waals surface area contributed by atoms with Crippen molar-refractivity contribution in [3.63, 3.8) is 0 Å². The van der Waals surface area contributed by atoms with Crippen LogP contribution >= 0.6 is 0 Å². The predicted molar refractivity (Wildman–Crippen MR) is 104 cm³/mol. The first-order valence-corrected chi connectivity index (χ1v) is 9.72. The zero-order valence-corrected chi connectivity index (χ0v) is 16.0. The number of benzene rings is 1. The second-order valence-electron chi connectivity index (χ2n) is 8.58. The van der Waals surface area contributed by atoms with E-state index in [0.29, 0.717) is 18.4 Å². The molecule has 140 valence electrons. The number of nitrogens with zero attached hydrogens (tertiary/aromatic N) is 2. The van der Waals surface area contributed by atoms with E-state index >= 15 is 0 Å². The van der Waals surface area contributed by atoms with Gasteiger partial charge in [0, 0.05) is 11.0 Å². The summed E-state index contributed by atoms with van der Waals surface area (Å²) >= 11 is 0. The van der Waals surface area contributed by atoms with Crippen LogP contribution in [0, 0.1) is 11.3 Å². The smallest absolute Gasteiger partial charge is 0.184 e. The molecule has 0 radical (unpaired) electrons. The molecule has 3 aliphatic rings. The Morgan fingerprint density at radius 3 is 2.62 bits per heavy atom. The number of nitrogens with two attached hydrogens (primary N) is 1. The molecular formula is C21H29N3O2. The summed E-state index contributed by atoms with van der Waals surface area (Å²) < 4.78 is 5.97. The molecule has 1 saturated carbocycles. The number of hydrogen-bond acceptors (Lipinski definition) is 5. The van der Waals surface area contributed by atoms with Gasteiger partial charge in [0.05, 0.1) is 18.4 Å². The molecule has 1 atom stereocenters. The average molecular weight is 355 g/mol. The summed E-state index contributed by atoms with van der Waals surface area (Å²) in [5, 5.41) is 10.1. The fraction of sp³-hybridized carbons (Fsp3) is 0.619. The highest BCUT2D eigenvalue weighted by Gasteiger charge is 2.60. The number of rotatable bonds is 3. The molecule has 1 aromatic carbocycles. The van der Waals surface area contributed by atoms with Crippen molar-refractivity contribution in [2.24, 2.45) is 27.1 Å². The van der Waals surface area contributed by atoms with Gasteiger partial charge < -0.3 is 15.6 Å². The molecule has 2 aliphatic carbocycles. The number of aliphatic hydroxyl groups excluding tert-OH is 1. The van der Waals surface area contributed by atoms with Gasteiger partial charge in [0.2, 0.25) is 0 Å². The Kier molecular flexibility index (Phi) is 4.10. The van der Waals surface area contributed by atoms with Crippen LogP contribution in [-0.2, 0) is 12.1 Å². The molecule has 0 unspecified atom stereocenters. The van der Waals surface area contributed by atoms with Crippen molar-refractivity contribution in [3.8, 4) is 5.75 Å². The van der Waals surface area contributed by atoms with E-state index in [1.165, 1.54) is 5.56 Å². The molecule has 1 aromatic rings. The molecule has 5 heteroatoms. The normalized spacial score (nSPS) is 32.9. The summed E-state index contributed by atoms with van der Waals surface area (Å²) in [6.07, 6.45) is 4.16. The van der Waals surface area contributed by atoms with E-state index in [1.54, 1.807) is 0 Å². The van der Waals surface area contributed by atoms with Crippen molar-refractivity contribution in [3.05, 3.63) is 29.3 Å². The maximum absolute atomic E-state index is 10.1. The Morgan fingerprint density at radius 1 is 1.27 bits per heavy atom. The summed E-state index contributed by atoms with van der Waals surface area (Å²) in [6, 6.07) is 6.35. The monoisotopic (exact) mass is 355 g/mol. The van der Waals surface area contributed by atoms with Crippen LogP contribution in [0.3, 0.4) is 0 Å². The molecule has 2 spiro atoms. The van der Waals surface area contributed by atoms with Gasteiger partial charge in [0.25, 0.3) is 0 Å². The third kappa shape index (κ3) is 2.56. The van der Waals surface area contributed by atoms with Crippen molar-refractivity contribution in [1.29, 1.82) is 0 Å². The Bertz CT molecular complexity index is 755. The minimum Gasteiger partial charge on any atom is -0.493 e. The molecule has 4 rings (SSSR count). The van der Waals surface area contributed by atoms with Gasteiger partial charge >= 0.3 is 0 Å². The number of amidine groups is 1. The number of hydrogen-bond donors (Lipinski definition) is 2. The third-order valence-electron chi connectivity index (χ3n) is 6.20. The third-order valence-corrected chi connectivity index (χ3v) is 6.20. The predicted octanol–water partition coefficient (Wildman–Crippen LogP) is 3.18. The maximum atomic E-state index is 10.1. The first-order valence-electron chi connectivity index (χ1n) is 9.72. The first-order chi connectivity index (χ1) is 12.4. The minimum absolute atomic E-state index is 0.0897. The van der Waals surface area contributed by atoms with E-state index in [1.807, 2.05) is 6.92 Å². The molecule has 0 bridgehead atoms. The lowest BCUT2D eigenvalue weighted by Gasteiger charge is -2.44. The van der Waals surface area contributed by atoms with Gasteiger partial charge in [-0.05, 0) is 62.6 Å². The van der Waals surface area contributed by atoms with Crippen LogP contribution < -0.4 is 10.5 Å². The zero-order valence-electron chi connectivity index (χ0n) is 16.0. The van der Waals surface area contributed by atoms with Crippen LogP contribution in [0.1, 0.15) is 57.6 Å². The fourth-order valence-corrected chi connectivity index (χ4v) is 4.78. The molecule has 3 N–H and O–H groups in total. The van der Waals surface area contributed by atoms with Crippen molar-refractivity contribution in [1.82, 2.24) is 0 Å². The quantitative estimate of drug-likeness (QED) is 0.874. The molecule has 1 fully saturated rings. The van der Waals surface area contributed by atoms with Gasteiger partial charge in [0.1, 0.15) is 11.6 Å². The SMILES string of the molecule is CC1=N[C@]2(N=C1N)c1cc(OCC(C)C)ccc1C[C@]21CC[C@@H](O)CC1. The highest BCUT2D eigenvalue weighted by Crippen LogP contribution is 2.61. The largest absolute Gasteiger partial charge is 0.493 e. The van der Waals surface area contributed by atoms with E-state index < -0.39 is 5.66 Å². The second-order valence-corrected chi connectivity index (χ2v) is 8.58. The van der Waals surface area contributed by atoms with Crippen LogP contribution in [0.15, 0.2) is 28.2 Å². The lowest BCUT2D eigenvalue weighted by Crippen LogP contribution is -2.43. The van der Waals surface area contributed by atoms with Gasteiger partial charge in [0.15, 0.2) is 5.66 Å². The molecule has 0 saturated heterocycles. The molecule has 1 aliphatic heterocycles. The van der Waals surface area contributed by atoms with Crippen LogP contribution in [0.5, 0.6) is 5.75 Å². The van der Waals surface area contributed by atoms with Crippen molar-refractivity contribution >= 4 is 11.5 Å². The number of aliphatic hydroxyl groups is 1. The van der Waals surface area contributed by atoms with Crippen LogP contribution in [0.25, 0.3) is 0 Å². The summed E-state index contributed by atoms with van der Waals surface area (Å²) in [5.74, 6) is 1.89. The zero-order chi connectivity index (χ0) is 18.5. The second kappa shape index (κ2) is 6.08. The molecule has 5 nitrogen and oxygen atoms in total. The van der Waals surface area contributed by atoms with E-state index in [-0.39, 0.29) is 11.5 Å². The van der Waals surface area contributed by atoms with Gasteiger partial charge in [-0.1, -0.05) is 19.9 Å². The topological polar surface area (TPSA) is 80.2 Å². The lowest BCUT2D eigenvalue weighted by atomic mass is 9.65. The van der Waals surface area contributed by atoms with Gasteiger partial charge in [-0.2, -0.15) is 0 Å². The van der Waals surface area contributed by atoms with Crippen molar-refractivity contribution in [2.45, 2.75) is 64.6 Å². The number of ether oxygens (including phenoxy) is 1. The fourth-order valence-electron chi connectivity index (χ4n) is 4.78. The standard InChI is InChI=1S/C21H29N3O2/c1-13(2)12-26-17-5-4-15-11-20(8-6-16(25)7-9-20)21(18(15)10-17)23-14(3)19(22)24-21/h4-5,10,13,16,25H,6-9,11-12H2,1-3H3,(H2,22,24)/t16-,20-,21-/m0/s1. The van der Waals surface area contributed by atoms with Gasteiger partial charge in [-0.3, -0.25) is 4.99 Å². The summed E-state index contributed by atoms with van der Waals surface area (Å²) in [5.41, 5.74) is 8.68. The highest BCUT2D eigenvalue weighted by atomic mass is 16.5. The Hall–Kier alpha value is -1.88. The van der Waals surface area contributed by atoms with Crippen LogP contribution in [0.4, 0.5) is 0 Å². The molecule has 1 heterocycles. The van der Waals surface area contributed by atoms with Gasteiger partial charge in [-0.25, -0.2) is 4.99 Å². The van der Waals surface area contributed by atoms with E-state index in [0.717, 1.165) is 49.1 Å².